The summed E-state index contributed by atoms with van der Waals surface area (Å²) in [6.45, 7) is 2.12. The number of nitrogens with zero attached hydrogens (tertiary/aromatic N) is 2. The summed E-state index contributed by atoms with van der Waals surface area (Å²) in [6, 6.07) is 16.8. The lowest BCUT2D eigenvalue weighted by molar-refractivity contribution is -0.140. The maximum Gasteiger partial charge on any atom is 0.260 e. The molecule has 0 spiro atoms. The van der Waals surface area contributed by atoms with Crippen molar-refractivity contribution < 1.29 is 19.1 Å². The highest BCUT2D eigenvalue weighted by atomic mass is 16.5. The van der Waals surface area contributed by atoms with Crippen LogP contribution in [0.15, 0.2) is 54.6 Å². The van der Waals surface area contributed by atoms with Gasteiger partial charge in [0.05, 0.1) is 13.5 Å². The lowest BCUT2D eigenvalue weighted by Gasteiger charge is -2.34. The van der Waals surface area contributed by atoms with Crippen molar-refractivity contribution in [3.05, 3.63) is 60.2 Å². The highest BCUT2D eigenvalue weighted by Crippen LogP contribution is 2.19. The van der Waals surface area contributed by atoms with Gasteiger partial charge in [-0.25, -0.2) is 0 Å². The Labute approximate surface area is 159 Å². The molecule has 0 N–H and O–H groups in total. The lowest BCUT2D eigenvalue weighted by Crippen LogP contribution is -2.52. The fourth-order valence-corrected chi connectivity index (χ4v) is 3.08. The van der Waals surface area contributed by atoms with Gasteiger partial charge in [-0.1, -0.05) is 36.4 Å². The first-order valence-electron chi connectivity index (χ1n) is 9.02. The smallest absolute Gasteiger partial charge is 0.260 e. The molecule has 0 unspecified atom stereocenters. The number of hydrogen-bond donors (Lipinski definition) is 0. The van der Waals surface area contributed by atoms with E-state index in [0.717, 1.165) is 11.3 Å². The summed E-state index contributed by atoms with van der Waals surface area (Å²) in [5.74, 6) is 1.39. The summed E-state index contributed by atoms with van der Waals surface area (Å²) in [7, 11) is 1.60. The maximum atomic E-state index is 12.6. The van der Waals surface area contributed by atoms with Crippen molar-refractivity contribution in [2.75, 3.05) is 39.9 Å². The largest absolute Gasteiger partial charge is 0.496 e. The van der Waals surface area contributed by atoms with Crippen molar-refractivity contribution in [1.82, 2.24) is 9.80 Å². The van der Waals surface area contributed by atoms with Gasteiger partial charge in [0.1, 0.15) is 11.5 Å². The van der Waals surface area contributed by atoms with Crippen LogP contribution in [0.1, 0.15) is 5.56 Å². The Bertz CT molecular complexity index is 771. The van der Waals surface area contributed by atoms with Crippen LogP contribution in [0.3, 0.4) is 0 Å². The van der Waals surface area contributed by atoms with Crippen LogP contribution in [0.5, 0.6) is 11.5 Å². The minimum Gasteiger partial charge on any atom is -0.496 e. The third-order valence-electron chi connectivity index (χ3n) is 4.62. The highest BCUT2D eigenvalue weighted by Gasteiger charge is 2.24. The Kier molecular flexibility index (Phi) is 6.30. The van der Waals surface area contributed by atoms with Crippen LogP contribution in [-0.2, 0) is 16.0 Å². The van der Waals surface area contributed by atoms with Gasteiger partial charge >= 0.3 is 0 Å². The number of methoxy groups -OCH3 is 1. The van der Waals surface area contributed by atoms with E-state index in [9.17, 15) is 9.59 Å². The average molecular weight is 368 g/mol. The van der Waals surface area contributed by atoms with E-state index >= 15 is 0 Å². The van der Waals surface area contributed by atoms with Gasteiger partial charge in [-0.15, -0.1) is 0 Å². The normalized spacial score (nSPS) is 14.0. The molecule has 2 aromatic carbocycles. The first kappa shape index (κ1) is 18.8. The fraction of sp³-hybridized carbons (Fsp3) is 0.333. The zero-order chi connectivity index (χ0) is 19.1. The number of para-hydroxylation sites is 2. The molecule has 1 fully saturated rings. The molecule has 3 rings (SSSR count). The van der Waals surface area contributed by atoms with Crippen LogP contribution < -0.4 is 9.47 Å². The van der Waals surface area contributed by atoms with Crippen molar-refractivity contribution in [3.8, 4) is 11.5 Å². The Balaban J connectivity index is 1.46. The molecule has 0 bridgehead atoms. The van der Waals surface area contributed by atoms with E-state index < -0.39 is 0 Å². The second kappa shape index (κ2) is 9.07. The minimum absolute atomic E-state index is 0.0131. The Morgan fingerprint density at radius 2 is 1.44 bits per heavy atom. The van der Waals surface area contributed by atoms with Gasteiger partial charge in [-0.05, 0) is 18.2 Å². The molecular formula is C21H24N2O4. The molecule has 1 saturated heterocycles. The summed E-state index contributed by atoms with van der Waals surface area (Å²) in [5.41, 5.74) is 0.875. The molecule has 1 aliphatic rings. The molecule has 0 saturated carbocycles. The summed E-state index contributed by atoms with van der Waals surface area (Å²) in [6.07, 6.45) is 0.301. The van der Waals surface area contributed by atoms with E-state index in [0.29, 0.717) is 38.3 Å². The molecular weight excluding hydrogens is 344 g/mol. The summed E-state index contributed by atoms with van der Waals surface area (Å²) >= 11 is 0. The Hall–Kier alpha value is -3.02. The van der Waals surface area contributed by atoms with Crippen molar-refractivity contribution in [1.29, 1.82) is 0 Å². The van der Waals surface area contributed by atoms with Crippen LogP contribution >= 0.6 is 0 Å². The highest BCUT2D eigenvalue weighted by molar-refractivity contribution is 5.81. The number of rotatable bonds is 6. The number of carbonyl (C=O) groups excluding carboxylic acids is 2. The van der Waals surface area contributed by atoms with Gasteiger partial charge in [-0.3, -0.25) is 9.59 Å². The molecule has 0 aliphatic carbocycles. The number of hydrogen-bond acceptors (Lipinski definition) is 4. The average Bonchev–Trinajstić information content (AvgIpc) is 2.73. The first-order valence-corrected chi connectivity index (χ1v) is 9.02. The molecule has 0 radical (unpaired) electrons. The van der Waals surface area contributed by atoms with Crippen molar-refractivity contribution in [3.63, 3.8) is 0 Å². The molecule has 6 nitrogen and oxygen atoms in total. The molecule has 0 atom stereocenters. The molecule has 2 amide bonds. The zero-order valence-electron chi connectivity index (χ0n) is 15.5. The molecule has 0 aromatic heterocycles. The van der Waals surface area contributed by atoms with Crippen LogP contribution in [0.4, 0.5) is 0 Å². The maximum absolute atomic E-state index is 12.6. The van der Waals surface area contributed by atoms with E-state index in [2.05, 4.69) is 0 Å². The first-order chi connectivity index (χ1) is 13.2. The van der Waals surface area contributed by atoms with E-state index in [1.54, 1.807) is 16.9 Å². The molecule has 142 valence electrons. The third kappa shape index (κ3) is 5.00. The summed E-state index contributed by atoms with van der Waals surface area (Å²) in [4.78, 5) is 28.4. The summed E-state index contributed by atoms with van der Waals surface area (Å²) < 4.78 is 10.8. The number of carbonyl (C=O) groups is 2. The van der Waals surface area contributed by atoms with E-state index in [1.807, 2.05) is 54.6 Å². The van der Waals surface area contributed by atoms with Crippen LogP contribution in [0.25, 0.3) is 0 Å². The van der Waals surface area contributed by atoms with Crippen molar-refractivity contribution in [2.24, 2.45) is 0 Å². The predicted molar refractivity (Wildman–Crippen MR) is 102 cm³/mol. The molecule has 2 aromatic rings. The molecule has 27 heavy (non-hydrogen) atoms. The minimum atomic E-state index is -0.0596. The van der Waals surface area contributed by atoms with Crippen molar-refractivity contribution in [2.45, 2.75) is 6.42 Å². The van der Waals surface area contributed by atoms with Gasteiger partial charge < -0.3 is 19.3 Å². The van der Waals surface area contributed by atoms with Crippen LogP contribution in [0.2, 0.25) is 0 Å². The van der Waals surface area contributed by atoms with Gasteiger partial charge in [0.2, 0.25) is 5.91 Å². The second-order valence-electron chi connectivity index (χ2n) is 6.35. The molecule has 6 heteroatoms. The number of amides is 2. The van der Waals surface area contributed by atoms with E-state index in [1.165, 1.54) is 0 Å². The second-order valence-corrected chi connectivity index (χ2v) is 6.35. The predicted octanol–water partition coefficient (Wildman–Crippen LogP) is 1.99. The quantitative estimate of drug-likeness (QED) is 0.782. The number of ether oxygens (including phenoxy) is 2. The SMILES string of the molecule is COc1ccccc1CC(=O)N1CCN(C(=O)COc2ccccc2)CC1. The monoisotopic (exact) mass is 368 g/mol. The van der Waals surface area contributed by atoms with Gasteiger partial charge in [0, 0.05) is 31.7 Å². The Morgan fingerprint density at radius 3 is 2.11 bits per heavy atom. The fourth-order valence-electron chi connectivity index (χ4n) is 3.08. The standard InChI is InChI=1S/C21H24N2O4/c1-26-19-10-6-5-7-17(19)15-20(24)22-11-13-23(14-12-22)21(25)16-27-18-8-3-2-4-9-18/h2-10H,11-16H2,1H3. The van der Waals surface area contributed by atoms with Crippen LogP contribution in [0, 0.1) is 0 Å². The van der Waals surface area contributed by atoms with E-state index in [4.69, 9.17) is 9.47 Å². The van der Waals surface area contributed by atoms with Gasteiger partial charge in [0.15, 0.2) is 6.61 Å². The Morgan fingerprint density at radius 1 is 0.852 bits per heavy atom. The summed E-state index contributed by atoms with van der Waals surface area (Å²) in [5, 5.41) is 0. The lowest BCUT2D eigenvalue weighted by atomic mass is 10.1. The van der Waals surface area contributed by atoms with Gasteiger partial charge in [0.25, 0.3) is 5.91 Å². The van der Waals surface area contributed by atoms with Gasteiger partial charge in [-0.2, -0.15) is 0 Å². The number of benzene rings is 2. The van der Waals surface area contributed by atoms with E-state index in [-0.39, 0.29) is 18.4 Å². The zero-order valence-corrected chi connectivity index (χ0v) is 15.5. The molecule has 1 heterocycles. The third-order valence-corrected chi connectivity index (χ3v) is 4.62. The van der Waals surface area contributed by atoms with Crippen LogP contribution in [-0.4, -0.2) is 61.5 Å². The number of piperazine rings is 1. The van der Waals surface area contributed by atoms with Crippen molar-refractivity contribution >= 4 is 11.8 Å². The topological polar surface area (TPSA) is 59.1 Å². The molecule has 1 aliphatic heterocycles.